The van der Waals surface area contributed by atoms with Crippen molar-refractivity contribution in [1.82, 2.24) is 19.6 Å². The highest BCUT2D eigenvalue weighted by molar-refractivity contribution is 7.90. The quantitative estimate of drug-likeness (QED) is 0.336. The molecule has 0 fully saturated rings. The standard InChI is InChI=1S/C27H27F3N6O3S/c1-35-13-5-7-19-24(33-34-26(19)35)18-8-6-14-36-22(16-27(28,29)30)20(32-25(18)36)9-4-12-31-21-11-10-17(40(3,37)38)15-23(21)39-2/h6,8,10-11,14-15,31H,5,7,12-13,16H2,1-3H3,(H,33,34). The summed E-state index contributed by atoms with van der Waals surface area (Å²) < 4.78 is 71.2. The summed E-state index contributed by atoms with van der Waals surface area (Å²) >= 11 is 0. The van der Waals surface area contributed by atoms with Gasteiger partial charge in [0.2, 0.25) is 0 Å². The average Bonchev–Trinajstić information content (AvgIpc) is 3.47. The number of aromatic nitrogens is 4. The second-order valence-corrected chi connectivity index (χ2v) is 11.5. The van der Waals surface area contributed by atoms with Crippen LogP contribution < -0.4 is 15.0 Å². The molecule has 5 rings (SSSR count). The van der Waals surface area contributed by atoms with Gasteiger partial charge in [-0.15, -0.1) is 0 Å². The molecular formula is C27H27F3N6O3S. The van der Waals surface area contributed by atoms with E-state index in [1.807, 2.05) is 18.0 Å². The average molecular weight is 573 g/mol. The third-order valence-electron chi connectivity index (χ3n) is 6.69. The molecule has 0 saturated heterocycles. The number of methoxy groups -OCH3 is 1. The van der Waals surface area contributed by atoms with Crippen LogP contribution in [0.4, 0.5) is 24.7 Å². The zero-order valence-electron chi connectivity index (χ0n) is 22.1. The Morgan fingerprint density at radius 1 is 1.25 bits per heavy atom. The molecule has 40 heavy (non-hydrogen) atoms. The molecule has 4 heterocycles. The number of H-pyrrole nitrogens is 1. The Kier molecular flexibility index (Phi) is 7.14. The molecule has 13 heteroatoms. The summed E-state index contributed by atoms with van der Waals surface area (Å²) in [6.45, 7) is 0.934. The van der Waals surface area contributed by atoms with Crippen molar-refractivity contribution in [2.24, 2.45) is 0 Å². The second-order valence-electron chi connectivity index (χ2n) is 9.53. The Morgan fingerprint density at radius 2 is 2.05 bits per heavy atom. The van der Waals surface area contributed by atoms with Gasteiger partial charge < -0.3 is 19.4 Å². The molecule has 1 aliphatic rings. The van der Waals surface area contributed by atoms with Gasteiger partial charge in [0.15, 0.2) is 15.7 Å². The molecule has 0 radical (unpaired) electrons. The predicted octanol–water partition coefficient (Wildman–Crippen LogP) is 4.09. The number of sulfone groups is 1. The number of nitrogens with zero attached hydrogens (tertiary/aromatic N) is 4. The number of nitrogens with one attached hydrogen (secondary N) is 2. The van der Waals surface area contributed by atoms with Crippen LogP contribution in [0.2, 0.25) is 0 Å². The number of hydrogen-bond acceptors (Lipinski definition) is 7. The van der Waals surface area contributed by atoms with Gasteiger partial charge in [0.05, 0.1) is 42.0 Å². The van der Waals surface area contributed by atoms with Crippen molar-refractivity contribution in [3.05, 3.63) is 53.5 Å². The number of ether oxygens (including phenoxy) is 1. The van der Waals surface area contributed by atoms with Gasteiger partial charge in [-0.05, 0) is 43.0 Å². The molecule has 2 N–H and O–H groups in total. The van der Waals surface area contributed by atoms with E-state index in [-0.39, 0.29) is 22.8 Å². The molecule has 0 bridgehead atoms. The molecule has 3 aromatic heterocycles. The summed E-state index contributed by atoms with van der Waals surface area (Å²) in [6.07, 6.45) is -1.27. The third kappa shape index (κ3) is 5.44. The Balaban J connectivity index is 1.50. The van der Waals surface area contributed by atoms with E-state index in [2.05, 4.69) is 32.3 Å². The summed E-state index contributed by atoms with van der Waals surface area (Å²) in [4.78, 5) is 6.70. The Labute approximate surface area is 229 Å². The van der Waals surface area contributed by atoms with Crippen LogP contribution in [0.5, 0.6) is 5.75 Å². The fraction of sp³-hybridized carbons (Fsp3) is 0.333. The van der Waals surface area contributed by atoms with Gasteiger partial charge in [0.1, 0.15) is 17.1 Å². The van der Waals surface area contributed by atoms with Crippen LogP contribution in [0, 0.1) is 11.8 Å². The lowest BCUT2D eigenvalue weighted by atomic mass is 10.0. The Bertz CT molecular complexity index is 1750. The molecule has 0 amide bonds. The number of pyridine rings is 1. The minimum absolute atomic E-state index is 0.0245. The number of halogens is 3. The van der Waals surface area contributed by atoms with Crippen LogP contribution in [0.25, 0.3) is 16.9 Å². The number of fused-ring (bicyclic) bond motifs is 2. The lowest BCUT2D eigenvalue weighted by Crippen LogP contribution is -2.24. The van der Waals surface area contributed by atoms with E-state index >= 15 is 0 Å². The van der Waals surface area contributed by atoms with Crippen molar-refractivity contribution >= 4 is 27.0 Å². The zero-order valence-corrected chi connectivity index (χ0v) is 22.9. The number of benzene rings is 1. The van der Waals surface area contributed by atoms with Gasteiger partial charge in [-0.25, -0.2) is 13.4 Å². The van der Waals surface area contributed by atoms with E-state index in [0.29, 0.717) is 22.6 Å². The van der Waals surface area contributed by atoms with Crippen molar-refractivity contribution in [3.8, 4) is 28.8 Å². The predicted molar refractivity (Wildman–Crippen MR) is 146 cm³/mol. The number of anilines is 2. The Hall–Kier alpha value is -4.18. The highest BCUT2D eigenvalue weighted by atomic mass is 32.2. The lowest BCUT2D eigenvalue weighted by Gasteiger charge is -2.23. The summed E-state index contributed by atoms with van der Waals surface area (Å²) in [7, 11) is -0.0573. The first-order valence-electron chi connectivity index (χ1n) is 12.4. The van der Waals surface area contributed by atoms with Gasteiger partial charge in [0.25, 0.3) is 0 Å². The first kappa shape index (κ1) is 27.4. The van der Waals surface area contributed by atoms with Crippen molar-refractivity contribution in [3.63, 3.8) is 0 Å². The minimum Gasteiger partial charge on any atom is -0.495 e. The molecule has 0 aliphatic carbocycles. The maximum absolute atomic E-state index is 13.6. The minimum atomic E-state index is -4.47. The maximum atomic E-state index is 13.6. The molecular weight excluding hydrogens is 545 g/mol. The van der Waals surface area contributed by atoms with Crippen LogP contribution in [-0.4, -0.2) is 67.7 Å². The second kappa shape index (κ2) is 10.4. The van der Waals surface area contributed by atoms with Gasteiger partial charge in [-0.2, -0.15) is 18.3 Å². The normalized spacial score (nSPS) is 13.6. The lowest BCUT2D eigenvalue weighted by molar-refractivity contribution is -0.128. The van der Waals surface area contributed by atoms with Crippen LogP contribution in [0.1, 0.15) is 23.4 Å². The van der Waals surface area contributed by atoms with Crippen LogP contribution in [0.3, 0.4) is 0 Å². The van der Waals surface area contributed by atoms with Crippen LogP contribution in [-0.2, 0) is 22.7 Å². The first-order chi connectivity index (χ1) is 19.0. The summed E-state index contributed by atoms with van der Waals surface area (Å²) in [5, 5.41) is 10.5. The first-order valence-corrected chi connectivity index (χ1v) is 14.3. The summed E-state index contributed by atoms with van der Waals surface area (Å²) in [5.74, 6) is 6.76. The fourth-order valence-corrected chi connectivity index (χ4v) is 5.45. The van der Waals surface area contributed by atoms with E-state index < -0.39 is 22.4 Å². The van der Waals surface area contributed by atoms with E-state index in [1.165, 1.54) is 23.6 Å². The highest BCUT2D eigenvalue weighted by Gasteiger charge is 2.32. The van der Waals surface area contributed by atoms with E-state index in [9.17, 15) is 21.6 Å². The smallest absolute Gasteiger partial charge is 0.394 e. The largest absolute Gasteiger partial charge is 0.495 e. The van der Waals surface area contributed by atoms with Crippen molar-refractivity contribution < 1.29 is 26.3 Å². The number of alkyl halides is 3. The van der Waals surface area contributed by atoms with Gasteiger partial charge in [-0.1, -0.05) is 5.92 Å². The molecule has 1 aliphatic heterocycles. The van der Waals surface area contributed by atoms with Crippen molar-refractivity contribution in [2.75, 3.05) is 43.7 Å². The molecule has 0 spiro atoms. The molecule has 9 nitrogen and oxygen atoms in total. The van der Waals surface area contributed by atoms with Crippen molar-refractivity contribution in [1.29, 1.82) is 0 Å². The van der Waals surface area contributed by atoms with E-state index in [0.717, 1.165) is 42.7 Å². The van der Waals surface area contributed by atoms with E-state index in [1.54, 1.807) is 18.3 Å². The molecule has 1 aromatic carbocycles. The fourth-order valence-electron chi connectivity index (χ4n) is 4.82. The monoisotopic (exact) mass is 572 g/mol. The zero-order chi connectivity index (χ0) is 28.7. The van der Waals surface area contributed by atoms with Gasteiger partial charge in [-0.3, -0.25) is 5.10 Å². The number of imidazole rings is 1. The summed E-state index contributed by atoms with van der Waals surface area (Å²) in [6, 6.07) is 7.88. The van der Waals surface area contributed by atoms with Gasteiger partial charge >= 0.3 is 6.18 Å². The molecule has 0 unspecified atom stereocenters. The van der Waals surface area contributed by atoms with Gasteiger partial charge in [0, 0.05) is 43.2 Å². The van der Waals surface area contributed by atoms with E-state index in [4.69, 9.17) is 4.74 Å². The Morgan fingerprint density at radius 3 is 2.77 bits per heavy atom. The molecule has 4 aromatic rings. The number of aromatic amines is 1. The molecule has 0 atom stereocenters. The number of rotatable bonds is 6. The topological polar surface area (TPSA) is 105 Å². The molecule has 210 valence electrons. The van der Waals surface area contributed by atoms with Crippen LogP contribution >= 0.6 is 0 Å². The summed E-state index contributed by atoms with van der Waals surface area (Å²) in [5.41, 5.74) is 3.21. The third-order valence-corrected chi connectivity index (χ3v) is 7.80. The highest BCUT2D eigenvalue weighted by Crippen LogP contribution is 2.35. The van der Waals surface area contributed by atoms with Crippen LogP contribution in [0.15, 0.2) is 41.4 Å². The number of hydrogen-bond donors (Lipinski definition) is 2. The SMILES string of the molecule is COc1cc(S(C)(=O)=O)ccc1NCC#Cc1nc2c(-c3[nH]nc4c3CCCN4C)cccn2c1CC(F)(F)F. The maximum Gasteiger partial charge on any atom is 0.394 e. The molecule has 0 saturated carbocycles. The van der Waals surface area contributed by atoms with Crippen molar-refractivity contribution in [2.45, 2.75) is 30.3 Å².